The maximum Gasteiger partial charge on any atom is 0.0685 e. The van der Waals surface area contributed by atoms with Gasteiger partial charge in [0.05, 0.1) is 25.4 Å². The van der Waals surface area contributed by atoms with Crippen molar-refractivity contribution in [2.45, 2.75) is 38.5 Å². The molecule has 4 heteroatoms. The zero-order valence-electron chi connectivity index (χ0n) is 10.4. The molecule has 0 aromatic heterocycles. The Morgan fingerprint density at radius 2 is 2.31 bits per heavy atom. The molecule has 4 nitrogen and oxygen atoms in total. The number of rotatable bonds is 5. The predicted molar refractivity (Wildman–Crippen MR) is 61.3 cm³/mol. The molecule has 0 amide bonds. The van der Waals surface area contributed by atoms with Gasteiger partial charge in [-0.2, -0.15) is 0 Å². The van der Waals surface area contributed by atoms with Crippen LogP contribution in [0.5, 0.6) is 0 Å². The second-order valence-electron chi connectivity index (χ2n) is 5.54. The minimum absolute atomic E-state index is 0.0378. The van der Waals surface area contributed by atoms with Gasteiger partial charge in [-0.15, -0.1) is 0 Å². The molecular weight excluding hydrogens is 206 g/mol. The highest BCUT2D eigenvalue weighted by Gasteiger charge is 2.59. The molecule has 4 atom stereocenters. The van der Waals surface area contributed by atoms with Gasteiger partial charge in [0.25, 0.3) is 0 Å². The molecule has 2 N–H and O–H groups in total. The Morgan fingerprint density at radius 3 is 2.94 bits per heavy atom. The first-order chi connectivity index (χ1) is 7.61. The summed E-state index contributed by atoms with van der Waals surface area (Å²) < 4.78 is 10.8. The largest absolute Gasteiger partial charge is 0.395 e. The summed E-state index contributed by atoms with van der Waals surface area (Å²) >= 11 is 0. The maximum absolute atomic E-state index is 9.26. The Labute approximate surface area is 97.3 Å². The zero-order valence-corrected chi connectivity index (χ0v) is 10.4. The standard InChI is InChI=1S/C12H23NO3/c1-12(2)10(9-4-5-16-11(9)12)13-8(6-14)7-15-3/h8-11,13-14H,4-7H2,1-3H3. The van der Waals surface area contributed by atoms with Crippen LogP contribution >= 0.6 is 0 Å². The molecule has 1 saturated heterocycles. The van der Waals surface area contributed by atoms with Crippen molar-refractivity contribution in [3.05, 3.63) is 0 Å². The second kappa shape index (κ2) is 4.61. The van der Waals surface area contributed by atoms with Crippen LogP contribution < -0.4 is 5.32 Å². The van der Waals surface area contributed by atoms with Gasteiger partial charge in [-0.1, -0.05) is 13.8 Å². The van der Waals surface area contributed by atoms with E-state index in [2.05, 4.69) is 19.2 Å². The highest BCUT2D eigenvalue weighted by molar-refractivity contribution is 5.11. The quantitative estimate of drug-likeness (QED) is 0.716. The van der Waals surface area contributed by atoms with Gasteiger partial charge in [0.1, 0.15) is 0 Å². The van der Waals surface area contributed by atoms with Crippen molar-refractivity contribution < 1.29 is 14.6 Å². The molecule has 94 valence electrons. The van der Waals surface area contributed by atoms with Gasteiger partial charge in [-0.05, 0) is 6.42 Å². The first-order valence-electron chi connectivity index (χ1n) is 6.08. The number of aliphatic hydroxyl groups excluding tert-OH is 1. The van der Waals surface area contributed by atoms with Gasteiger partial charge in [0.15, 0.2) is 0 Å². The van der Waals surface area contributed by atoms with Gasteiger partial charge < -0.3 is 19.9 Å². The van der Waals surface area contributed by atoms with E-state index in [-0.39, 0.29) is 18.1 Å². The highest BCUT2D eigenvalue weighted by Crippen LogP contribution is 2.52. The van der Waals surface area contributed by atoms with Crippen molar-refractivity contribution in [3.8, 4) is 0 Å². The Hall–Kier alpha value is -0.160. The molecular formula is C12H23NO3. The summed E-state index contributed by atoms with van der Waals surface area (Å²) in [5, 5.41) is 12.8. The third kappa shape index (κ3) is 1.88. The van der Waals surface area contributed by atoms with Gasteiger partial charge in [-0.25, -0.2) is 0 Å². The van der Waals surface area contributed by atoms with Crippen LogP contribution in [0.4, 0.5) is 0 Å². The van der Waals surface area contributed by atoms with E-state index >= 15 is 0 Å². The van der Waals surface area contributed by atoms with Gasteiger partial charge in [0.2, 0.25) is 0 Å². The van der Waals surface area contributed by atoms with Crippen molar-refractivity contribution in [1.29, 1.82) is 0 Å². The molecule has 2 fully saturated rings. The van der Waals surface area contributed by atoms with Crippen molar-refractivity contribution in [2.75, 3.05) is 26.9 Å². The van der Waals surface area contributed by atoms with E-state index in [1.165, 1.54) is 0 Å². The summed E-state index contributed by atoms with van der Waals surface area (Å²) in [5.41, 5.74) is 0.169. The lowest BCUT2D eigenvalue weighted by atomic mass is 9.57. The molecule has 0 spiro atoms. The number of fused-ring (bicyclic) bond motifs is 1. The smallest absolute Gasteiger partial charge is 0.0685 e. The lowest BCUT2D eigenvalue weighted by Crippen LogP contribution is -2.68. The fourth-order valence-corrected chi connectivity index (χ4v) is 3.27. The topological polar surface area (TPSA) is 50.7 Å². The number of hydrogen-bond donors (Lipinski definition) is 2. The SMILES string of the molecule is COCC(CO)NC1C2CCOC2C1(C)C. The van der Waals surface area contributed by atoms with Gasteiger partial charge in [-0.3, -0.25) is 0 Å². The Bertz CT molecular complexity index is 244. The second-order valence-corrected chi connectivity index (χ2v) is 5.54. The van der Waals surface area contributed by atoms with Crippen LogP contribution in [0.2, 0.25) is 0 Å². The van der Waals surface area contributed by atoms with E-state index in [1.54, 1.807) is 7.11 Å². The molecule has 0 aromatic carbocycles. The monoisotopic (exact) mass is 229 g/mol. The first-order valence-corrected chi connectivity index (χ1v) is 6.08. The number of nitrogens with one attached hydrogen (secondary N) is 1. The predicted octanol–water partition coefficient (Wildman–Crippen LogP) is 0.397. The Kier molecular flexibility index (Phi) is 3.54. The van der Waals surface area contributed by atoms with E-state index in [0.717, 1.165) is 13.0 Å². The number of hydrogen-bond acceptors (Lipinski definition) is 4. The van der Waals surface area contributed by atoms with Crippen molar-refractivity contribution >= 4 is 0 Å². The van der Waals surface area contributed by atoms with Crippen LogP contribution in [-0.2, 0) is 9.47 Å². The molecule has 1 aliphatic carbocycles. The average molecular weight is 229 g/mol. The number of aliphatic hydroxyl groups is 1. The molecule has 1 saturated carbocycles. The van der Waals surface area contributed by atoms with Crippen LogP contribution in [0.3, 0.4) is 0 Å². The lowest BCUT2D eigenvalue weighted by Gasteiger charge is -2.55. The third-order valence-corrected chi connectivity index (χ3v) is 4.10. The van der Waals surface area contributed by atoms with Crippen molar-refractivity contribution in [2.24, 2.45) is 11.3 Å². The third-order valence-electron chi connectivity index (χ3n) is 4.10. The number of ether oxygens (including phenoxy) is 2. The minimum atomic E-state index is 0.0378. The van der Waals surface area contributed by atoms with Gasteiger partial charge >= 0.3 is 0 Å². The van der Waals surface area contributed by atoms with E-state index < -0.39 is 0 Å². The van der Waals surface area contributed by atoms with E-state index in [0.29, 0.717) is 24.7 Å². The van der Waals surface area contributed by atoms with E-state index in [9.17, 15) is 5.11 Å². The first kappa shape index (κ1) is 12.3. The Morgan fingerprint density at radius 1 is 1.56 bits per heavy atom. The van der Waals surface area contributed by atoms with Crippen LogP contribution in [-0.4, -0.2) is 50.2 Å². The zero-order chi connectivity index (χ0) is 11.8. The van der Waals surface area contributed by atoms with E-state index in [4.69, 9.17) is 9.47 Å². The summed E-state index contributed by atoms with van der Waals surface area (Å²) in [4.78, 5) is 0. The molecule has 0 radical (unpaired) electrons. The molecule has 0 aromatic rings. The van der Waals surface area contributed by atoms with Crippen molar-refractivity contribution in [3.63, 3.8) is 0 Å². The summed E-state index contributed by atoms with van der Waals surface area (Å²) in [6, 6.07) is 0.475. The molecule has 1 aliphatic heterocycles. The fourth-order valence-electron chi connectivity index (χ4n) is 3.27. The van der Waals surface area contributed by atoms with Crippen LogP contribution in [0, 0.1) is 11.3 Å². The van der Waals surface area contributed by atoms with Crippen LogP contribution in [0.1, 0.15) is 20.3 Å². The molecule has 4 unspecified atom stereocenters. The summed E-state index contributed by atoms with van der Waals surface area (Å²) in [6.45, 7) is 6.03. The molecule has 2 aliphatic rings. The molecule has 0 bridgehead atoms. The van der Waals surface area contributed by atoms with Crippen LogP contribution in [0.15, 0.2) is 0 Å². The minimum Gasteiger partial charge on any atom is -0.395 e. The number of methoxy groups -OCH3 is 1. The summed E-state index contributed by atoms with van der Waals surface area (Å²) in [7, 11) is 1.66. The fraction of sp³-hybridized carbons (Fsp3) is 1.00. The Balaban J connectivity index is 1.94. The van der Waals surface area contributed by atoms with E-state index in [1.807, 2.05) is 0 Å². The summed E-state index contributed by atoms with van der Waals surface area (Å²) in [5.74, 6) is 0.612. The van der Waals surface area contributed by atoms with Crippen molar-refractivity contribution in [1.82, 2.24) is 5.32 Å². The summed E-state index contributed by atoms with van der Waals surface area (Å²) in [6.07, 6.45) is 1.53. The lowest BCUT2D eigenvalue weighted by molar-refractivity contribution is -0.118. The van der Waals surface area contributed by atoms with Gasteiger partial charge in [0, 0.05) is 31.1 Å². The molecule has 1 heterocycles. The molecule has 2 rings (SSSR count). The normalized spacial score (nSPS) is 37.9. The average Bonchev–Trinajstić information content (AvgIpc) is 2.70. The maximum atomic E-state index is 9.26. The molecule has 16 heavy (non-hydrogen) atoms. The van der Waals surface area contributed by atoms with Crippen LogP contribution in [0.25, 0.3) is 0 Å². The highest BCUT2D eigenvalue weighted by atomic mass is 16.5.